The molecule has 6 heteroatoms. The van der Waals surface area contributed by atoms with E-state index in [1.54, 1.807) is 25.3 Å². The third-order valence-corrected chi connectivity index (χ3v) is 5.28. The van der Waals surface area contributed by atoms with E-state index in [1.807, 2.05) is 30.3 Å². The van der Waals surface area contributed by atoms with E-state index in [-0.39, 0.29) is 12.5 Å². The molecule has 0 radical (unpaired) electrons. The Morgan fingerprint density at radius 2 is 1.84 bits per heavy atom. The molecule has 2 aromatic rings. The number of fused-ring (bicyclic) bond motifs is 1. The van der Waals surface area contributed by atoms with Crippen molar-refractivity contribution in [3.63, 3.8) is 0 Å². The molecule has 1 amide bonds. The molecule has 0 unspecified atom stereocenters. The van der Waals surface area contributed by atoms with Crippen molar-refractivity contribution in [2.24, 2.45) is 0 Å². The topological polar surface area (TPSA) is 60.0 Å². The number of ether oxygens (including phenoxy) is 3. The number of benzene rings is 2. The van der Waals surface area contributed by atoms with Gasteiger partial charge in [-0.3, -0.25) is 9.69 Å². The van der Waals surface area contributed by atoms with Gasteiger partial charge < -0.3 is 19.5 Å². The monoisotopic (exact) mass is 424 g/mol. The van der Waals surface area contributed by atoms with E-state index in [9.17, 15) is 4.79 Å². The van der Waals surface area contributed by atoms with Gasteiger partial charge in [-0.05, 0) is 52.0 Å². The molecule has 2 aromatic carbocycles. The van der Waals surface area contributed by atoms with Gasteiger partial charge in [-0.15, -0.1) is 0 Å². The zero-order valence-corrected chi connectivity index (χ0v) is 19.0. The Morgan fingerprint density at radius 1 is 1.10 bits per heavy atom. The number of para-hydroxylation sites is 1. The third kappa shape index (κ3) is 5.79. The maximum Gasteiger partial charge on any atom is 0.255 e. The number of carbonyl (C=O) groups excluding carboxylic acids is 1. The zero-order chi connectivity index (χ0) is 22.4. The third-order valence-electron chi connectivity index (χ3n) is 5.28. The first kappa shape index (κ1) is 22.7. The van der Waals surface area contributed by atoms with Crippen LogP contribution in [0.4, 0.5) is 5.69 Å². The number of methoxy groups -OCH3 is 1. The van der Waals surface area contributed by atoms with Gasteiger partial charge >= 0.3 is 0 Å². The van der Waals surface area contributed by atoms with Crippen LogP contribution in [0.2, 0.25) is 0 Å². The number of amides is 1. The molecule has 1 heterocycles. The molecule has 6 nitrogen and oxygen atoms in total. The fourth-order valence-electron chi connectivity index (χ4n) is 3.70. The minimum absolute atomic E-state index is 0.198. The van der Waals surface area contributed by atoms with Gasteiger partial charge in [0.25, 0.3) is 5.91 Å². The summed E-state index contributed by atoms with van der Waals surface area (Å²) in [5.74, 6) is 1.83. The maximum absolute atomic E-state index is 12.8. The average Bonchev–Trinajstić information content (AvgIpc) is 2.76. The van der Waals surface area contributed by atoms with Crippen LogP contribution in [0.25, 0.3) is 6.08 Å². The van der Waals surface area contributed by atoms with Gasteiger partial charge in [-0.2, -0.15) is 0 Å². The highest BCUT2D eigenvalue weighted by atomic mass is 16.5. The van der Waals surface area contributed by atoms with Crippen LogP contribution in [-0.4, -0.2) is 49.8 Å². The number of hydrogen-bond acceptors (Lipinski definition) is 5. The Balaban J connectivity index is 1.67. The van der Waals surface area contributed by atoms with Gasteiger partial charge in [0.15, 0.2) is 11.5 Å². The highest BCUT2D eigenvalue weighted by Gasteiger charge is 2.18. The van der Waals surface area contributed by atoms with Crippen molar-refractivity contribution >= 4 is 17.7 Å². The van der Waals surface area contributed by atoms with Crippen molar-refractivity contribution in [2.75, 3.05) is 32.2 Å². The molecular weight excluding hydrogens is 392 g/mol. The second-order valence-electron chi connectivity index (χ2n) is 8.09. The van der Waals surface area contributed by atoms with Crippen LogP contribution in [0.5, 0.6) is 17.2 Å². The summed E-state index contributed by atoms with van der Waals surface area (Å²) in [5.41, 5.74) is 2.11. The first-order valence-electron chi connectivity index (χ1n) is 10.7. The molecule has 0 saturated heterocycles. The highest BCUT2D eigenvalue weighted by Crippen LogP contribution is 2.31. The number of nitrogens with zero attached hydrogens (tertiary/aromatic N) is 1. The van der Waals surface area contributed by atoms with Crippen LogP contribution >= 0.6 is 0 Å². The summed E-state index contributed by atoms with van der Waals surface area (Å²) in [6.45, 7) is 10.3. The van der Waals surface area contributed by atoms with Crippen molar-refractivity contribution < 1.29 is 19.0 Å². The lowest BCUT2D eigenvalue weighted by Crippen LogP contribution is -2.39. The lowest BCUT2D eigenvalue weighted by Gasteiger charge is -2.30. The molecule has 1 N–H and O–H groups in total. The molecule has 166 valence electrons. The molecule has 0 aliphatic carbocycles. The lowest BCUT2D eigenvalue weighted by atomic mass is 10.1. The van der Waals surface area contributed by atoms with E-state index < -0.39 is 0 Å². The molecule has 0 bridgehead atoms. The van der Waals surface area contributed by atoms with Crippen molar-refractivity contribution in [1.82, 2.24) is 4.90 Å². The van der Waals surface area contributed by atoms with Gasteiger partial charge in [0, 0.05) is 35.9 Å². The summed E-state index contributed by atoms with van der Waals surface area (Å²) in [6, 6.07) is 13.9. The van der Waals surface area contributed by atoms with Gasteiger partial charge in [-0.25, -0.2) is 0 Å². The van der Waals surface area contributed by atoms with E-state index in [4.69, 9.17) is 14.2 Å². The number of nitrogens with one attached hydrogen (secondary N) is 1. The van der Waals surface area contributed by atoms with Crippen molar-refractivity contribution in [2.45, 2.75) is 39.8 Å². The van der Waals surface area contributed by atoms with Gasteiger partial charge in [0.05, 0.1) is 12.7 Å². The SMILES string of the molecule is COc1ccc(NC(=O)C2=Cc3ccccc3OC2)cc1OCCN(C(C)C)C(C)C. The molecule has 0 fully saturated rings. The minimum Gasteiger partial charge on any atom is -0.493 e. The number of rotatable bonds is 9. The summed E-state index contributed by atoms with van der Waals surface area (Å²) >= 11 is 0. The van der Waals surface area contributed by atoms with E-state index in [0.29, 0.717) is 41.5 Å². The predicted octanol–water partition coefficient (Wildman–Crippen LogP) is 4.61. The van der Waals surface area contributed by atoms with E-state index >= 15 is 0 Å². The largest absolute Gasteiger partial charge is 0.493 e. The van der Waals surface area contributed by atoms with Gasteiger partial charge in [0.2, 0.25) is 0 Å². The molecule has 3 rings (SSSR count). The molecule has 1 aliphatic heterocycles. The average molecular weight is 425 g/mol. The van der Waals surface area contributed by atoms with Crippen molar-refractivity contribution in [3.05, 3.63) is 53.6 Å². The first-order valence-corrected chi connectivity index (χ1v) is 10.7. The molecule has 0 aromatic heterocycles. The van der Waals surface area contributed by atoms with Gasteiger partial charge in [0.1, 0.15) is 19.0 Å². The second kappa shape index (κ2) is 10.4. The molecule has 1 aliphatic rings. The quantitative estimate of drug-likeness (QED) is 0.637. The van der Waals surface area contributed by atoms with Crippen molar-refractivity contribution in [1.29, 1.82) is 0 Å². The van der Waals surface area contributed by atoms with Crippen LogP contribution < -0.4 is 19.5 Å². The fourth-order valence-corrected chi connectivity index (χ4v) is 3.70. The standard InChI is InChI=1S/C25H32N2O4/c1-17(2)27(18(3)4)12-13-30-24-15-21(10-11-23(24)29-5)26-25(28)20-14-19-8-6-7-9-22(19)31-16-20/h6-11,14-15,17-18H,12-13,16H2,1-5H3,(H,26,28). The summed E-state index contributed by atoms with van der Waals surface area (Å²) in [6.07, 6.45) is 1.86. The Bertz CT molecular complexity index is 929. The van der Waals surface area contributed by atoms with Crippen LogP contribution in [0, 0.1) is 0 Å². The van der Waals surface area contributed by atoms with E-state index in [0.717, 1.165) is 17.9 Å². The predicted molar refractivity (Wildman–Crippen MR) is 124 cm³/mol. The summed E-state index contributed by atoms with van der Waals surface area (Å²) in [4.78, 5) is 15.1. The maximum atomic E-state index is 12.8. The summed E-state index contributed by atoms with van der Waals surface area (Å²) < 4.78 is 17.1. The van der Waals surface area contributed by atoms with Crippen LogP contribution in [-0.2, 0) is 4.79 Å². The Hall–Kier alpha value is -2.99. The lowest BCUT2D eigenvalue weighted by molar-refractivity contribution is -0.113. The molecule has 31 heavy (non-hydrogen) atoms. The first-order chi connectivity index (χ1) is 14.9. The van der Waals surface area contributed by atoms with Crippen molar-refractivity contribution in [3.8, 4) is 17.2 Å². The fraction of sp³-hybridized carbons (Fsp3) is 0.400. The summed E-state index contributed by atoms with van der Waals surface area (Å²) in [7, 11) is 1.61. The number of anilines is 1. The number of hydrogen-bond donors (Lipinski definition) is 1. The normalized spacial score (nSPS) is 13.0. The van der Waals surface area contributed by atoms with E-state index in [2.05, 4.69) is 37.9 Å². The zero-order valence-electron chi connectivity index (χ0n) is 19.0. The highest BCUT2D eigenvalue weighted by molar-refractivity contribution is 6.07. The molecular formula is C25H32N2O4. The molecule has 0 saturated carbocycles. The Kier molecular flexibility index (Phi) is 7.58. The smallest absolute Gasteiger partial charge is 0.255 e. The molecule has 0 atom stereocenters. The van der Waals surface area contributed by atoms with Gasteiger partial charge in [-0.1, -0.05) is 18.2 Å². The van der Waals surface area contributed by atoms with E-state index in [1.165, 1.54) is 0 Å². The summed E-state index contributed by atoms with van der Waals surface area (Å²) in [5, 5.41) is 2.94. The number of carbonyl (C=O) groups is 1. The van der Waals surface area contributed by atoms with Crippen LogP contribution in [0.1, 0.15) is 33.3 Å². The molecule has 0 spiro atoms. The van der Waals surface area contributed by atoms with Crippen LogP contribution in [0.3, 0.4) is 0 Å². The minimum atomic E-state index is -0.198. The van der Waals surface area contributed by atoms with Crippen LogP contribution in [0.15, 0.2) is 48.0 Å². The Labute approximate surface area is 184 Å². The second-order valence-corrected chi connectivity index (χ2v) is 8.09. The Morgan fingerprint density at radius 3 is 2.55 bits per heavy atom.